The summed E-state index contributed by atoms with van der Waals surface area (Å²) in [7, 11) is -1.57. The summed E-state index contributed by atoms with van der Waals surface area (Å²) in [6.45, 7) is 1.61. The minimum atomic E-state index is -4.11. The Labute approximate surface area is 226 Å². The Morgan fingerprint density at radius 2 is 1.63 bits per heavy atom. The first-order chi connectivity index (χ1) is 18.1. The molecule has 10 heteroatoms. The molecule has 8 nitrogen and oxygen atoms in total. The van der Waals surface area contributed by atoms with Gasteiger partial charge in [0.1, 0.15) is 11.5 Å². The first kappa shape index (κ1) is 26.2. The number of hydrogen-bond acceptors (Lipinski definition) is 7. The normalized spacial score (nSPS) is 24.3. The molecular formula is C28H27ClN2O6S. The zero-order chi connectivity index (χ0) is 27.2. The monoisotopic (exact) mass is 554 g/mol. The molecule has 0 aliphatic carbocycles. The number of anilines is 1. The molecule has 0 aromatic heterocycles. The number of nitrogens with zero attached hydrogens (tertiary/aromatic N) is 1. The molecule has 1 N–H and O–H groups in total. The maximum absolute atomic E-state index is 14.1. The molecule has 0 saturated carbocycles. The third kappa shape index (κ3) is 3.97. The van der Waals surface area contributed by atoms with E-state index in [4.69, 9.17) is 21.1 Å². The van der Waals surface area contributed by atoms with Crippen molar-refractivity contribution in [2.75, 3.05) is 25.1 Å². The van der Waals surface area contributed by atoms with Gasteiger partial charge in [0.2, 0.25) is 0 Å². The van der Waals surface area contributed by atoms with Crippen LogP contribution in [0.4, 0.5) is 5.69 Å². The average molecular weight is 555 g/mol. The van der Waals surface area contributed by atoms with Crippen LogP contribution in [0.15, 0.2) is 77.7 Å². The third-order valence-corrected chi connectivity index (χ3v) is 9.56. The lowest BCUT2D eigenvalue weighted by Gasteiger charge is -2.46. The Morgan fingerprint density at radius 1 is 0.974 bits per heavy atom. The van der Waals surface area contributed by atoms with Crippen LogP contribution < -0.4 is 9.62 Å². The molecular weight excluding hydrogens is 528 g/mol. The Balaban J connectivity index is 1.78. The summed E-state index contributed by atoms with van der Waals surface area (Å²) in [6.07, 6.45) is 0. The van der Waals surface area contributed by atoms with Crippen LogP contribution in [0, 0.1) is 12.3 Å². The third-order valence-electron chi connectivity index (χ3n) is 7.53. The molecule has 1 fully saturated rings. The summed E-state index contributed by atoms with van der Waals surface area (Å²) in [5, 5.41) is 3.79. The number of benzene rings is 3. The lowest BCUT2D eigenvalue weighted by atomic mass is 9.65. The molecule has 3 aromatic carbocycles. The molecule has 2 heterocycles. The number of carbonyl (C=O) groups is 2. The summed E-state index contributed by atoms with van der Waals surface area (Å²) in [5.41, 5.74) is 1.01. The fourth-order valence-corrected chi connectivity index (χ4v) is 7.45. The first-order valence-electron chi connectivity index (χ1n) is 12.0. The van der Waals surface area contributed by atoms with Gasteiger partial charge in [-0.1, -0.05) is 59.6 Å². The van der Waals surface area contributed by atoms with Crippen molar-refractivity contribution in [3.05, 3.63) is 94.5 Å². The molecule has 0 bridgehead atoms. The minimum Gasteiger partial charge on any atom is -0.468 e. The molecule has 5 rings (SSSR count). The van der Waals surface area contributed by atoms with Gasteiger partial charge in [-0.15, -0.1) is 0 Å². The molecule has 4 atom stereocenters. The van der Waals surface area contributed by atoms with Crippen molar-refractivity contribution in [1.29, 1.82) is 0 Å². The topological polar surface area (TPSA) is 102 Å². The zero-order valence-corrected chi connectivity index (χ0v) is 22.6. The van der Waals surface area contributed by atoms with Crippen molar-refractivity contribution < 1.29 is 27.5 Å². The summed E-state index contributed by atoms with van der Waals surface area (Å²) >= 11 is 6.15. The predicted octanol–water partition coefficient (Wildman–Crippen LogP) is 3.99. The van der Waals surface area contributed by atoms with Gasteiger partial charge in [-0.25, -0.2) is 8.42 Å². The zero-order valence-electron chi connectivity index (χ0n) is 21.1. The van der Waals surface area contributed by atoms with Gasteiger partial charge in [0.25, 0.3) is 10.0 Å². The van der Waals surface area contributed by atoms with Crippen LogP contribution in [0.3, 0.4) is 0 Å². The van der Waals surface area contributed by atoms with Gasteiger partial charge in [-0.2, -0.15) is 0 Å². The van der Waals surface area contributed by atoms with E-state index >= 15 is 0 Å². The highest BCUT2D eigenvalue weighted by atomic mass is 35.5. The van der Waals surface area contributed by atoms with Crippen molar-refractivity contribution in [2.45, 2.75) is 29.8 Å². The van der Waals surface area contributed by atoms with Crippen LogP contribution >= 0.6 is 11.6 Å². The number of aryl methyl sites for hydroxylation is 1. The molecule has 0 spiro atoms. The first-order valence-corrected chi connectivity index (χ1v) is 13.8. The number of fused-ring (bicyclic) bond motifs is 3. The number of methoxy groups -OCH3 is 2. The van der Waals surface area contributed by atoms with E-state index in [0.29, 0.717) is 21.8 Å². The van der Waals surface area contributed by atoms with Crippen LogP contribution in [0.2, 0.25) is 5.02 Å². The maximum atomic E-state index is 14.1. The van der Waals surface area contributed by atoms with E-state index in [1.807, 2.05) is 6.92 Å². The quantitative estimate of drug-likeness (QED) is 0.476. The number of esters is 2. The van der Waals surface area contributed by atoms with Crippen molar-refractivity contribution in [1.82, 2.24) is 5.32 Å². The van der Waals surface area contributed by atoms with Crippen molar-refractivity contribution >= 4 is 39.3 Å². The summed E-state index contributed by atoms with van der Waals surface area (Å²) in [6, 6.07) is 18.6. The van der Waals surface area contributed by atoms with Crippen molar-refractivity contribution in [3.63, 3.8) is 0 Å². The smallest absolute Gasteiger partial charge is 0.323 e. The fourth-order valence-electron chi connectivity index (χ4n) is 5.78. The van der Waals surface area contributed by atoms with Crippen molar-refractivity contribution in [3.8, 4) is 0 Å². The van der Waals surface area contributed by atoms with Gasteiger partial charge in [-0.05, 0) is 48.4 Å². The molecule has 2 aliphatic rings. The van der Waals surface area contributed by atoms with Crippen LogP contribution in [0.25, 0.3) is 0 Å². The van der Waals surface area contributed by atoms with E-state index < -0.39 is 45.4 Å². The SMILES string of the molecule is COC(=O)[C@H]1N[C@H]2c3ccccc3N(S(=O)(=O)c3ccc(C)cc3)C[C@]2(C(=O)OC)[C@@H]1c1ccc(Cl)cc1. The van der Waals surface area contributed by atoms with Crippen LogP contribution in [-0.2, 0) is 29.1 Å². The van der Waals surface area contributed by atoms with Crippen LogP contribution in [0.1, 0.15) is 28.7 Å². The maximum Gasteiger partial charge on any atom is 0.323 e. The second-order valence-electron chi connectivity index (χ2n) is 9.55. The van der Waals surface area contributed by atoms with Crippen molar-refractivity contribution in [2.24, 2.45) is 5.41 Å². The molecule has 198 valence electrons. The predicted molar refractivity (Wildman–Crippen MR) is 142 cm³/mol. The number of sulfonamides is 1. The highest BCUT2D eigenvalue weighted by Crippen LogP contribution is 2.59. The lowest BCUT2D eigenvalue weighted by molar-refractivity contribution is -0.154. The number of para-hydroxylation sites is 1. The summed E-state index contributed by atoms with van der Waals surface area (Å²) in [4.78, 5) is 27.1. The van der Waals surface area contributed by atoms with Crippen LogP contribution in [-0.4, -0.2) is 47.2 Å². The van der Waals surface area contributed by atoms with Gasteiger partial charge in [0, 0.05) is 10.9 Å². The van der Waals surface area contributed by atoms with E-state index in [1.165, 1.54) is 18.5 Å². The molecule has 1 saturated heterocycles. The Hall–Kier alpha value is -3.40. The largest absolute Gasteiger partial charge is 0.468 e. The minimum absolute atomic E-state index is 0.0925. The van der Waals surface area contributed by atoms with Gasteiger partial charge >= 0.3 is 11.9 Å². The van der Waals surface area contributed by atoms with Gasteiger partial charge < -0.3 is 9.47 Å². The number of ether oxygens (including phenoxy) is 2. The molecule has 0 amide bonds. The van der Waals surface area contributed by atoms with E-state index in [-0.39, 0.29) is 11.4 Å². The molecule has 0 radical (unpaired) electrons. The Morgan fingerprint density at radius 3 is 2.26 bits per heavy atom. The number of nitrogens with one attached hydrogen (secondary N) is 1. The Kier molecular flexibility index (Phi) is 6.71. The highest BCUT2D eigenvalue weighted by molar-refractivity contribution is 7.92. The summed E-state index contributed by atoms with van der Waals surface area (Å²) in [5.74, 6) is -2.04. The second-order valence-corrected chi connectivity index (χ2v) is 11.8. The molecule has 38 heavy (non-hydrogen) atoms. The number of hydrogen-bond donors (Lipinski definition) is 1. The molecule has 3 aromatic rings. The van der Waals surface area contributed by atoms with E-state index in [2.05, 4.69) is 5.32 Å². The fraction of sp³-hybridized carbons (Fsp3) is 0.286. The lowest BCUT2D eigenvalue weighted by Crippen LogP contribution is -2.54. The number of carbonyl (C=O) groups excluding carboxylic acids is 2. The average Bonchev–Trinajstić information content (AvgIpc) is 3.29. The standard InChI is InChI=1S/C28H27ClN2O6S/c1-17-8-14-20(15-9-17)38(34,35)31-16-28(27(33)37-3)23(18-10-12-19(29)13-11-18)24(26(32)36-2)30-25(28)21-6-4-5-7-22(21)31/h4-15,23-25,30H,16H2,1-3H3/t23-,24+,25+,28+/m1/s1. The van der Waals surface area contributed by atoms with E-state index in [1.54, 1.807) is 72.8 Å². The van der Waals surface area contributed by atoms with Gasteiger partial charge in [0.05, 0.1) is 37.4 Å². The van der Waals surface area contributed by atoms with Gasteiger partial charge in [0.15, 0.2) is 0 Å². The summed E-state index contributed by atoms with van der Waals surface area (Å²) < 4.78 is 39.9. The highest BCUT2D eigenvalue weighted by Gasteiger charge is 2.67. The van der Waals surface area contributed by atoms with Gasteiger partial charge in [-0.3, -0.25) is 19.2 Å². The second kappa shape index (κ2) is 9.72. The molecule has 2 aliphatic heterocycles. The molecule has 0 unspecified atom stereocenters. The number of halogens is 1. The number of rotatable bonds is 5. The van der Waals surface area contributed by atoms with Crippen LogP contribution in [0.5, 0.6) is 0 Å². The van der Waals surface area contributed by atoms with E-state index in [9.17, 15) is 18.0 Å². The Bertz CT molecular complexity index is 1490. The van der Waals surface area contributed by atoms with E-state index in [0.717, 1.165) is 5.56 Å².